The molecule has 0 aromatic heterocycles. The monoisotopic (exact) mass is 426 g/mol. The van der Waals surface area contributed by atoms with E-state index < -0.39 is 30.0 Å². The Bertz CT molecular complexity index is 1010. The number of carbonyl (C=O) groups is 2. The molecule has 1 saturated heterocycles. The molecule has 2 aromatic carbocycles. The van der Waals surface area contributed by atoms with E-state index in [0.717, 1.165) is 15.9 Å². The number of rotatable bonds is 5. The number of para-hydroxylation sites is 1. The minimum absolute atomic E-state index is 0.0610. The van der Waals surface area contributed by atoms with Crippen LogP contribution >= 0.6 is 0 Å². The molecule has 0 aliphatic carbocycles. The molecule has 0 radical (unpaired) electrons. The summed E-state index contributed by atoms with van der Waals surface area (Å²) < 4.78 is 26.7. The van der Waals surface area contributed by atoms with Crippen LogP contribution in [0.4, 0.5) is 15.8 Å². The van der Waals surface area contributed by atoms with Gasteiger partial charge in [-0.3, -0.25) is 9.59 Å². The van der Waals surface area contributed by atoms with Crippen LogP contribution in [0, 0.1) is 12.7 Å². The quantitative estimate of drug-likeness (QED) is 0.544. The van der Waals surface area contributed by atoms with Crippen molar-refractivity contribution in [1.29, 1.82) is 0 Å². The van der Waals surface area contributed by atoms with Crippen molar-refractivity contribution in [1.82, 2.24) is 0 Å². The largest absolute Gasteiger partial charge is 0.495 e. The van der Waals surface area contributed by atoms with Crippen LogP contribution in [0.1, 0.15) is 43.6 Å². The maximum absolute atomic E-state index is 14.4. The van der Waals surface area contributed by atoms with Crippen molar-refractivity contribution < 1.29 is 23.3 Å². The number of hydrogen-bond acceptors (Lipinski definition) is 4. The molecule has 1 aliphatic rings. The molecule has 6 nitrogen and oxygen atoms in total. The second-order valence-corrected chi connectivity index (χ2v) is 8.80. The maximum atomic E-state index is 14.4. The molecular weight excluding hydrogens is 398 g/mol. The number of nitrogens with zero attached hydrogens (tertiary/aromatic N) is 2. The highest BCUT2D eigenvalue weighted by Crippen LogP contribution is 2.37. The molecule has 0 atom stereocenters. The lowest BCUT2D eigenvalue weighted by molar-refractivity contribution is -0.107. The minimum atomic E-state index is -0.642. The molecule has 3 rings (SSSR count). The normalized spacial score (nSPS) is 16.8. The van der Waals surface area contributed by atoms with E-state index in [1.54, 1.807) is 7.05 Å². The number of benzene rings is 2. The van der Waals surface area contributed by atoms with Gasteiger partial charge in [0.1, 0.15) is 5.82 Å². The van der Waals surface area contributed by atoms with Gasteiger partial charge >= 0.3 is 7.12 Å². The first-order valence-electron chi connectivity index (χ1n) is 10.1. The van der Waals surface area contributed by atoms with Gasteiger partial charge in [-0.05, 0) is 63.8 Å². The lowest BCUT2D eigenvalue weighted by Gasteiger charge is -2.32. The zero-order chi connectivity index (χ0) is 23.1. The first kappa shape index (κ1) is 23.0. The van der Waals surface area contributed by atoms with E-state index in [2.05, 4.69) is 0 Å². The molecule has 0 spiro atoms. The average Bonchev–Trinajstić information content (AvgIpc) is 2.93. The molecule has 0 unspecified atom stereocenters. The van der Waals surface area contributed by atoms with Gasteiger partial charge < -0.3 is 19.1 Å². The fraction of sp³-hybridized carbons (Fsp3) is 0.391. The highest BCUT2D eigenvalue weighted by molar-refractivity contribution is 6.62. The van der Waals surface area contributed by atoms with Crippen LogP contribution in [0.2, 0.25) is 0 Å². The third-order valence-electron chi connectivity index (χ3n) is 6.25. The average molecular weight is 426 g/mol. The fourth-order valence-corrected chi connectivity index (χ4v) is 3.62. The van der Waals surface area contributed by atoms with Crippen LogP contribution in [0.15, 0.2) is 36.4 Å². The van der Waals surface area contributed by atoms with Gasteiger partial charge in [-0.15, -0.1) is 0 Å². The minimum Gasteiger partial charge on any atom is -0.399 e. The topological polar surface area (TPSA) is 59.1 Å². The van der Waals surface area contributed by atoms with Crippen molar-refractivity contribution in [2.75, 3.05) is 23.9 Å². The van der Waals surface area contributed by atoms with Gasteiger partial charge in [0.15, 0.2) is 0 Å². The standard InChI is InChI=1S/C23H28BFN2O4/c1-15-17(24-30-22(2,3)23(4,5)31-24)11-9-13-19(15)27(7)21(29)16-10-8-12-18(25)20(16)26(6)14-28/h8-14H,1-7H3. The van der Waals surface area contributed by atoms with E-state index in [1.807, 2.05) is 52.8 Å². The summed E-state index contributed by atoms with van der Waals surface area (Å²) in [6.07, 6.45) is 0.472. The summed E-state index contributed by atoms with van der Waals surface area (Å²) in [5.74, 6) is -1.08. The SMILES string of the molecule is Cc1c(B2OC(C)(C)C(C)(C)O2)cccc1N(C)C(=O)c1cccc(F)c1N(C)C=O. The summed E-state index contributed by atoms with van der Waals surface area (Å²) in [6, 6.07) is 9.72. The maximum Gasteiger partial charge on any atom is 0.495 e. The zero-order valence-corrected chi connectivity index (χ0v) is 19.0. The van der Waals surface area contributed by atoms with Crippen molar-refractivity contribution in [3.63, 3.8) is 0 Å². The Labute approximate surface area is 183 Å². The molecule has 1 heterocycles. The molecule has 164 valence electrons. The highest BCUT2D eigenvalue weighted by Gasteiger charge is 2.52. The lowest BCUT2D eigenvalue weighted by atomic mass is 9.75. The van der Waals surface area contributed by atoms with Gasteiger partial charge in [0.05, 0.1) is 22.5 Å². The zero-order valence-electron chi connectivity index (χ0n) is 19.0. The molecule has 31 heavy (non-hydrogen) atoms. The van der Waals surface area contributed by atoms with Crippen LogP contribution in [-0.2, 0) is 14.1 Å². The molecule has 2 aromatic rings. The van der Waals surface area contributed by atoms with E-state index in [1.165, 1.54) is 30.1 Å². The Hall–Kier alpha value is -2.71. The first-order chi connectivity index (χ1) is 14.4. The summed E-state index contributed by atoms with van der Waals surface area (Å²) in [4.78, 5) is 27.0. The van der Waals surface area contributed by atoms with E-state index >= 15 is 0 Å². The van der Waals surface area contributed by atoms with Gasteiger partial charge in [0, 0.05) is 19.8 Å². The summed E-state index contributed by atoms with van der Waals surface area (Å²) >= 11 is 0. The predicted molar refractivity (Wildman–Crippen MR) is 120 cm³/mol. The molecule has 0 bridgehead atoms. The third-order valence-corrected chi connectivity index (χ3v) is 6.25. The van der Waals surface area contributed by atoms with Crippen LogP contribution in [0.3, 0.4) is 0 Å². The number of carbonyl (C=O) groups excluding carboxylic acids is 2. The molecule has 1 aliphatic heterocycles. The Morgan fingerprint density at radius 3 is 2.19 bits per heavy atom. The van der Waals surface area contributed by atoms with Crippen LogP contribution in [-0.4, -0.2) is 44.7 Å². The van der Waals surface area contributed by atoms with Gasteiger partial charge in [0.2, 0.25) is 6.41 Å². The van der Waals surface area contributed by atoms with Crippen molar-refractivity contribution in [3.05, 3.63) is 53.3 Å². The van der Waals surface area contributed by atoms with Crippen molar-refractivity contribution >= 4 is 36.3 Å². The summed E-state index contributed by atoms with van der Waals surface area (Å²) in [5, 5.41) is 0. The van der Waals surface area contributed by atoms with E-state index in [0.29, 0.717) is 12.1 Å². The highest BCUT2D eigenvalue weighted by atomic mass is 19.1. The van der Waals surface area contributed by atoms with E-state index in [-0.39, 0.29) is 11.3 Å². The Morgan fingerprint density at radius 1 is 1.03 bits per heavy atom. The van der Waals surface area contributed by atoms with Crippen LogP contribution in [0.5, 0.6) is 0 Å². The van der Waals surface area contributed by atoms with Gasteiger partial charge in [0.25, 0.3) is 5.91 Å². The second-order valence-electron chi connectivity index (χ2n) is 8.80. The third kappa shape index (κ3) is 3.97. The van der Waals surface area contributed by atoms with Gasteiger partial charge in [-0.25, -0.2) is 4.39 Å². The molecule has 8 heteroatoms. The predicted octanol–water partition coefficient (Wildman–Crippen LogP) is 3.30. The first-order valence-corrected chi connectivity index (χ1v) is 10.1. The number of halogens is 1. The second kappa shape index (κ2) is 8.09. The summed E-state index contributed by atoms with van der Waals surface area (Å²) in [5.41, 5.74) is 1.33. The molecular formula is C23H28BFN2O4. The van der Waals surface area contributed by atoms with Crippen molar-refractivity contribution in [3.8, 4) is 0 Å². The number of hydrogen-bond donors (Lipinski definition) is 0. The van der Waals surface area contributed by atoms with Crippen molar-refractivity contribution in [2.24, 2.45) is 0 Å². The molecule has 0 saturated carbocycles. The summed E-state index contributed by atoms with van der Waals surface area (Å²) in [6.45, 7) is 9.82. The van der Waals surface area contributed by atoms with Crippen LogP contribution < -0.4 is 15.3 Å². The molecule has 1 fully saturated rings. The van der Waals surface area contributed by atoms with E-state index in [9.17, 15) is 14.0 Å². The van der Waals surface area contributed by atoms with Gasteiger partial charge in [-0.1, -0.05) is 18.2 Å². The molecule has 0 N–H and O–H groups in total. The van der Waals surface area contributed by atoms with E-state index in [4.69, 9.17) is 9.31 Å². The Morgan fingerprint density at radius 2 is 1.61 bits per heavy atom. The smallest absolute Gasteiger partial charge is 0.399 e. The Balaban J connectivity index is 1.99. The number of amides is 2. The lowest BCUT2D eigenvalue weighted by Crippen LogP contribution is -2.41. The number of anilines is 2. The van der Waals surface area contributed by atoms with Crippen molar-refractivity contribution in [2.45, 2.75) is 45.8 Å². The molecule has 2 amide bonds. The van der Waals surface area contributed by atoms with Crippen LogP contribution in [0.25, 0.3) is 0 Å². The summed E-state index contributed by atoms with van der Waals surface area (Å²) in [7, 11) is 2.46. The fourth-order valence-electron chi connectivity index (χ4n) is 3.62. The van der Waals surface area contributed by atoms with Gasteiger partial charge in [-0.2, -0.15) is 0 Å². The Kier molecular flexibility index (Phi) is 6.00.